The summed E-state index contributed by atoms with van der Waals surface area (Å²) in [6.45, 7) is 9.49. The third-order valence-corrected chi connectivity index (χ3v) is 5.68. The van der Waals surface area contributed by atoms with Crippen LogP contribution < -0.4 is 10.2 Å². The number of ether oxygens (including phenoxy) is 1. The molecule has 0 aliphatic rings. The summed E-state index contributed by atoms with van der Waals surface area (Å²) < 4.78 is 6.26. The fourth-order valence-electron chi connectivity index (χ4n) is 3.19. The van der Waals surface area contributed by atoms with Crippen molar-refractivity contribution in [3.63, 3.8) is 0 Å². The molecule has 1 aromatic heterocycles. The predicted molar refractivity (Wildman–Crippen MR) is 130 cm³/mol. The Morgan fingerprint density at radius 3 is 2.55 bits per heavy atom. The van der Waals surface area contributed by atoms with Gasteiger partial charge in [0.2, 0.25) is 5.91 Å². The SMILES string of the molecule is C=CC(=O)Nc1ccc(CN(CCc2ccc(O)c3[nH]c(=O)sc23)C(=O)OC(C)(C)C)cc1. The van der Waals surface area contributed by atoms with Crippen molar-refractivity contribution in [3.8, 4) is 5.75 Å². The summed E-state index contributed by atoms with van der Waals surface area (Å²) in [7, 11) is 0. The minimum atomic E-state index is -0.653. The highest BCUT2D eigenvalue weighted by Gasteiger charge is 2.23. The van der Waals surface area contributed by atoms with Gasteiger partial charge in [-0.3, -0.25) is 9.59 Å². The molecule has 3 rings (SSSR count). The molecule has 8 nitrogen and oxygen atoms in total. The standard InChI is InChI=1S/C24H27N3O5S/c1-5-19(29)25-17-9-6-15(7-10-17)14-27(23(31)32-24(2,3)4)13-12-16-8-11-18(28)20-21(16)33-22(30)26-20/h5-11,28H,1,12-14H2,2-4H3,(H,25,29)(H,26,30). The van der Waals surface area contributed by atoms with E-state index in [0.29, 0.717) is 35.4 Å². The highest BCUT2D eigenvalue weighted by molar-refractivity contribution is 7.16. The number of benzene rings is 2. The van der Waals surface area contributed by atoms with Gasteiger partial charge in [-0.2, -0.15) is 0 Å². The number of nitrogens with one attached hydrogen (secondary N) is 2. The molecule has 0 saturated heterocycles. The maximum atomic E-state index is 12.9. The molecule has 0 unspecified atom stereocenters. The number of aromatic amines is 1. The molecule has 0 radical (unpaired) electrons. The van der Waals surface area contributed by atoms with E-state index in [0.717, 1.165) is 22.5 Å². The average Bonchev–Trinajstić information content (AvgIpc) is 3.14. The third kappa shape index (κ3) is 6.45. The van der Waals surface area contributed by atoms with E-state index < -0.39 is 11.7 Å². The van der Waals surface area contributed by atoms with Gasteiger partial charge in [0.25, 0.3) is 0 Å². The molecule has 0 saturated carbocycles. The van der Waals surface area contributed by atoms with Crippen LogP contribution in [0, 0.1) is 0 Å². The molecule has 0 aliphatic heterocycles. The lowest BCUT2D eigenvalue weighted by Crippen LogP contribution is -2.37. The Bertz CT molecular complexity index is 1220. The lowest BCUT2D eigenvalue weighted by Gasteiger charge is -2.27. The van der Waals surface area contributed by atoms with Crippen molar-refractivity contribution in [2.45, 2.75) is 39.3 Å². The van der Waals surface area contributed by atoms with Gasteiger partial charge in [0.05, 0.1) is 4.70 Å². The molecule has 1 heterocycles. The smallest absolute Gasteiger partial charge is 0.410 e. The number of aromatic hydroxyl groups is 1. The molecule has 0 spiro atoms. The number of phenolic OH excluding ortho intramolecular Hbond substituents is 1. The van der Waals surface area contributed by atoms with Crippen LogP contribution in [0.15, 0.2) is 53.8 Å². The Kier molecular flexibility index (Phi) is 7.23. The van der Waals surface area contributed by atoms with Crippen molar-refractivity contribution in [3.05, 3.63) is 69.8 Å². The lowest BCUT2D eigenvalue weighted by molar-refractivity contribution is -0.111. The molecule has 2 amide bonds. The molecule has 33 heavy (non-hydrogen) atoms. The summed E-state index contributed by atoms with van der Waals surface area (Å²) in [5.74, 6) is -0.287. The lowest BCUT2D eigenvalue weighted by atomic mass is 10.1. The average molecular weight is 470 g/mol. The molecule has 3 N–H and O–H groups in total. The Hall–Kier alpha value is -3.59. The van der Waals surface area contributed by atoms with E-state index >= 15 is 0 Å². The normalized spacial score (nSPS) is 11.2. The molecule has 0 bridgehead atoms. The zero-order valence-electron chi connectivity index (χ0n) is 18.8. The number of nitrogens with zero attached hydrogens (tertiary/aromatic N) is 1. The Labute approximate surface area is 195 Å². The van der Waals surface area contributed by atoms with E-state index in [-0.39, 0.29) is 16.5 Å². The summed E-state index contributed by atoms with van der Waals surface area (Å²) in [6, 6.07) is 10.5. The molecule has 0 aliphatic carbocycles. The highest BCUT2D eigenvalue weighted by Crippen LogP contribution is 2.28. The number of carbonyl (C=O) groups excluding carboxylic acids is 2. The number of anilines is 1. The van der Waals surface area contributed by atoms with Crippen LogP contribution in [0.2, 0.25) is 0 Å². The zero-order valence-corrected chi connectivity index (χ0v) is 19.6. The van der Waals surface area contributed by atoms with Gasteiger partial charge < -0.3 is 25.0 Å². The number of phenols is 1. The van der Waals surface area contributed by atoms with Crippen LogP contribution in [0.4, 0.5) is 10.5 Å². The first-order chi connectivity index (χ1) is 15.6. The number of hydrogen-bond donors (Lipinski definition) is 3. The van der Waals surface area contributed by atoms with Gasteiger partial charge >= 0.3 is 11.0 Å². The quantitative estimate of drug-likeness (QED) is 0.444. The topological polar surface area (TPSA) is 112 Å². The van der Waals surface area contributed by atoms with E-state index in [9.17, 15) is 19.5 Å². The van der Waals surface area contributed by atoms with E-state index in [1.165, 1.54) is 12.1 Å². The fourth-order valence-corrected chi connectivity index (χ4v) is 4.09. The van der Waals surface area contributed by atoms with Gasteiger partial charge in [0.1, 0.15) is 16.9 Å². The summed E-state index contributed by atoms with van der Waals surface area (Å²) in [5.41, 5.74) is 2.09. The zero-order chi connectivity index (χ0) is 24.2. The maximum Gasteiger partial charge on any atom is 0.410 e. The van der Waals surface area contributed by atoms with Gasteiger partial charge in [-0.25, -0.2) is 4.79 Å². The second-order valence-corrected chi connectivity index (χ2v) is 9.49. The van der Waals surface area contributed by atoms with E-state index in [2.05, 4.69) is 16.9 Å². The van der Waals surface area contributed by atoms with Crippen molar-refractivity contribution in [2.24, 2.45) is 0 Å². The predicted octanol–water partition coefficient (Wildman–Crippen LogP) is 4.40. The second kappa shape index (κ2) is 9.91. The molecule has 0 atom stereocenters. The molecular formula is C24H27N3O5S. The molecule has 2 aromatic carbocycles. The Balaban J connectivity index is 1.79. The molecule has 0 fully saturated rings. The first-order valence-corrected chi connectivity index (χ1v) is 11.2. The summed E-state index contributed by atoms with van der Waals surface area (Å²) >= 11 is 1.03. The maximum absolute atomic E-state index is 12.9. The van der Waals surface area contributed by atoms with Crippen LogP contribution in [-0.4, -0.2) is 39.1 Å². The Morgan fingerprint density at radius 1 is 1.21 bits per heavy atom. The van der Waals surface area contributed by atoms with Gasteiger partial charge in [-0.05, 0) is 62.6 Å². The Morgan fingerprint density at radius 2 is 1.91 bits per heavy atom. The van der Waals surface area contributed by atoms with Crippen LogP contribution in [0.5, 0.6) is 5.75 Å². The van der Waals surface area contributed by atoms with Gasteiger partial charge in [0, 0.05) is 18.8 Å². The largest absolute Gasteiger partial charge is 0.506 e. The number of rotatable bonds is 7. The second-order valence-electron chi connectivity index (χ2n) is 8.50. The van der Waals surface area contributed by atoms with E-state index in [4.69, 9.17) is 4.74 Å². The number of fused-ring (bicyclic) bond motifs is 1. The number of H-pyrrole nitrogens is 1. The fraction of sp³-hybridized carbons (Fsp3) is 0.292. The number of thiazole rings is 1. The van der Waals surface area contributed by atoms with Crippen LogP contribution in [0.3, 0.4) is 0 Å². The highest BCUT2D eigenvalue weighted by atomic mass is 32.1. The van der Waals surface area contributed by atoms with Crippen molar-refractivity contribution in [1.29, 1.82) is 0 Å². The number of carbonyl (C=O) groups is 2. The molecule has 9 heteroatoms. The number of hydrogen-bond acceptors (Lipinski definition) is 6. The molecular weight excluding hydrogens is 442 g/mol. The van der Waals surface area contributed by atoms with Crippen molar-refractivity contribution >= 4 is 39.2 Å². The van der Waals surface area contributed by atoms with Gasteiger partial charge in [-0.1, -0.05) is 36.1 Å². The van der Waals surface area contributed by atoms with E-state index in [1.807, 2.05) is 12.1 Å². The molecule has 174 valence electrons. The third-order valence-electron chi connectivity index (χ3n) is 4.72. The summed E-state index contributed by atoms with van der Waals surface area (Å²) in [4.78, 5) is 40.1. The van der Waals surface area contributed by atoms with Crippen LogP contribution in [0.1, 0.15) is 31.9 Å². The summed E-state index contributed by atoms with van der Waals surface area (Å²) in [6.07, 6.45) is 1.21. The van der Waals surface area contributed by atoms with Crippen molar-refractivity contribution in [1.82, 2.24) is 9.88 Å². The first-order valence-electron chi connectivity index (χ1n) is 10.4. The van der Waals surface area contributed by atoms with Crippen molar-refractivity contribution < 1.29 is 19.4 Å². The minimum Gasteiger partial charge on any atom is -0.506 e. The van der Waals surface area contributed by atoms with Crippen LogP contribution in [0.25, 0.3) is 10.2 Å². The van der Waals surface area contributed by atoms with Gasteiger partial charge in [-0.15, -0.1) is 0 Å². The minimum absolute atomic E-state index is 0.0136. The monoisotopic (exact) mass is 469 g/mol. The number of aromatic nitrogens is 1. The molecule has 3 aromatic rings. The van der Waals surface area contributed by atoms with Crippen LogP contribution in [-0.2, 0) is 22.5 Å². The van der Waals surface area contributed by atoms with Crippen LogP contribution >= 0.6 is 11.3 Å². The van der Waals surface area contributed by atoms with Gasteiger partial charge in [0.15, 0.2) is 0 Å². The van der Waals surface area contributed by atoms with E-state index in [1.54, 1.807) is 43.9 Å². The van der Waals surface area contributed by atoms with Crippen molar-refractivity contribution in [2.75, 3.05) is 11.9 Å². The summed E-state index contributed by atoms with van der Waals surface area (Å²) in [5, 5.41) is 12.7. The number of amides is 2. The first kappa shape index (κ1) is 24.1.